The van der Waals surface area contributed by atoms with Crippen molar-refractivity contribution in [2.24, 2.45) is 5.73 Å². The van der Waals surface area contributed by atoms with E-state index in [2.05, 4.69) is 22.0 Å². The van der Waals surface area contributed by atoms with Crippen LogP contribution in [0.1, 0.15) is 38.4 Å². The molecule has 2 aliphatic heterocycles. The monoisotopic (exact) mass is 267 g/mol. The van der Waals surface area contributed by atoms with Crippen LogP contribution in [0.15, 0.2) is 0 Å². The smallest absolute Gasteiger partial charge is 0.244 e. The average molecular weight is 267 g/mol. The summed E-state index contributed by atoms with van der Waals surface area (Å²) in [5.41, 5.74) is 5.92. The van der Waals surface area contributed by atoms with E-state index < -0.39 is 0 Å². The number of thioether (sulfide) groups is 1. The highest BCUT2D eigenvalue weighted by molar-refractivity contribution is 8.00. The predicted molar refractivity (Wildman–Crippen MR) is 74.8 cm³/mol. The van der Waals surface area contributed by atoms with E-state index in [0.29, 0.717) is 6.04 Å². The van der Waals surface area contributed by atoms with Gasteiger partial charge in [0.15, 0.2) is 0 Å². The van der Waals surface area contributed by atoms with Gasteiger partial charge in [-0.2, -0.15) is 4.98 Å². The van der Waals surface area contributed by atoms with Crippen LogP contribution < -0.4 is 10.6 Å². The van der Waals surface area contributed by atoms with Crippen LogP contribution in [-0.4, -0.2) is 40.1 Å². The summed E-state index contributed by atoms with van der Waals surface area (Å²) in [6, 6.07) is 0.350. The first kappa shape index (κ1) is 12.3. The Morgan fingerprint density at radius 3 is 2.89 bits per heavy atom. The number of rotatable bonds is 2. The van der Waals surface area contributed by atoms with Gasteiger partial charge in [-0.1, -0.05) is 0 Å². The molecule has 5 nitrogen and oxygen atoms in total. The van der Waals surface area contributed by atoms with Crippen molar-refractivity contribution >= 4 is 17.7 Å². The molecule has 3 N–H and O–H groups in total. The van der Waals surface area contributed by atoms with Gasteiger partial charge in [0.1, 0.15) is 5.82 Å². The lowest BCUT2D eigenvalue weighted by molar-refractivity contribution is 0.495. The van der Waals surface area contributed by atoms with Gasteiger partial charge >= 0.3 is 0 Å². The fraction of sp³-hybridized carbons (Fsp3) is 0.833. The highest BCUT2D eigenvalue weighted by Crippen LogP contribution is 2.44. The molecule has 100 valence electrons. The number of H-pyrrole nitrogens is 1. The van der Waals surface area contributed by atoms with Crippen LogP contribution >= 0.6 is 11.8 Å². The van der Waals surface area contributed by atoms with Crippen molar-refractivity contribution < 1.29 is 0 Å². The zero-order valence-corrected chi connectivity index (χ0v) is 11.7. The largest absolute Gasteiger partial charge is 0.339 e. The molecule has 0 bridgehead atoms. The third kappa shape index (κ3) is 2.23. The molecular formula is C12H21N5S. The van der Waals surface area contributed by atoms with Crippen LogP contribution in [0.25, 0.3) is 0 Å². The average Bonchev–Trinajstić information content (AvgIpc) is 2.99. The third-order valence-corrected chi connectivity index (χ3v) is 5.54. The first-order valence-electron chi connectivity index (χ1n) is 6.75. The van der Waals surface area contributed by atoms with E-state index in [0.717, 1.165) is 37.7 Å². The first-order valence-corrected chi connectivity index (χ1v) is 7.73. The van der Waals surface area contributed by atoms with E-state index >= 15 is 0 Å². The number of anilines is 1. The van der Waals surface area contributed by atoms with Crippen molar-refractivity contribution in [3.05, 3.63) is 5.82 Å². The van der Waals surface area contributed by atoms with E-state index in [-0.39, 0.29) is 4.75 Å². The van der Waals surface area contributed by atoms with Crippen LogP contribution in [-0.2, 0) is 4.75 Å². The second-order valence-corrected chi connectivity index (χ2v) is 7.09. The van der Waals surface area contributed by atoms with Gasteiger partial charge in [-0.25, -0.2) is 0 Å². The fourth-order valence-corrected chi connectivity index (χ4v) is 3.95. The lowest BCUT2D eigenvalue weighted by Gasteiger charge is -2.29. The second kappa shape index (κ2) is 4.74. The zero-order chi connectivity index (χ0) is 12.6. The van der Waals surface area contributed by atoms with Crippen LogP contribution in [0.3, 0.4) is 0 Å². The van der Waals surface area contributed by atoms with E-state index in [1.165, 1.54) is 18.6 Å². The van der Waals surface area contributed by atoms with E-state index in [1.807, 2.05) is 11.8 Å². The molecule has 0 amide bonds. The van der Waals surface area contributed by atoms with Gasteiger partial charge < -0.3 is 10.6 Å². The Morgan fingerprint density at radius 1 is 1.44 bits per heavy atom. The van der Waals surface area contributed by atoms with Gasteiger partial charge in [-0.15, -0.1) is 16.9 Å². The normalized spacial score (nSPS) is 30.0. The maximum Gasteiger partial charge on any atom is 0.244 e. The number of piperidine rings is 1. The SMILES string of the molecule is CC1(c2nc(N3CCC(N)CC3)n[nH]2)CCCS1. The lowest BCUT2D eigenvalue weighted by Crippen LogP contribution is -2.40. The van der Waals surface area contributed by atoms with Gasteiger partial charge in [0.2, 0.25) is 5.95 Å². The van der Waals surface area contributed by atoms with Crippen molar-refractivity contribution in [2.45, 2.75) is 43.4 Å². The Hall–Kier alpha value is -0.750. The number of nitrogens with zero attached hydrogens (tertiary/aromatic N) is 3. The molecule has 1 aromatic rings. The van der Waals surface area contributed by atoms with Crippen LogP contribution in [0.4, 0.5) is 5.95 Å². The molecule has 1 unspecified atom stereocenters. The molecule has 2 aliphatic rings. The zero-order valence-electron chi connectivity index (χ0n) is 10.9. The summed E-state index contributed by atoms with van der Waals surface area (Å²) in [7, 11) is 0. The van der Waals surface area contributed by atoms with Crippen LogP contribution in [0, 0.1) is 0 Å². The number of hydrogen-bond acceptors (Lipinski definition) is 5. The summed E-state index contributed by atoms with van der Waals surface area (Å²) < 4.78 is 0.136. The van der Waals surface area contributed by atoms with Gasteiger partial charge in [0.25, 0.3) is 0 Å². The van der Waals surface area contributed by atoms with Crippen molar-refractivity contribution in [1.82, 2.24) is 15.2 Å². The number of hydrogen-bond donors (Lipinski definition) is 2. The Balaban J connectivity index is 1.73. The number of nitrogens with two attached hydrogens (primary N) is 1. The van der Waals surface area contributed by atoms with Gasteiger partial charge in [0.05, 0.1) is 4.75 Å². The molecule has 2 fully saturated rings. The van der Waals surface area contributed by atoms with Crippen molar-refractivity contribution in [2.75, 3.05) is 23.7 Å². The molecule has 3 heterocycles. The summed E-state index contributed by atoms with van der Waals surface area (Å²) in [5.74, 6) is 3.12. The molecule has 1 aromatic heterocycles. The summed E-state index contributed by atoms with van der Waals surface area (Å²) in [6.45, 7) is 4.21. The molecule has 6 heteroatoms. The third-order valence-electron chi connectivity index (χ3n) is 4.02. The molecule has 0 saturated carbocycles. The van der Waals surface area contributed by atoms with Gasteiger partial charge in [-0.3, -0.25) is 5.10 Å². The van der Waals surface area contributed by atoms with Crippen molar-refractivity contribution in [3.63, 3.8) is 0 Å². The molecule has 0 aromatic carbocycles. The Morgan fingerprint density at radius 2 is 2.22 bits per heavy atom. The van der Waals surface area contributed by atoms with Gasteiger partial charge in [0, 0.05) is 19.1 Å². The minimum Gasteiger partial charge on any atom is -0.339 e. The van der Waals surface area contributed by atoms with Crippen LogP contribution in [0.2, 0.25) is 0 Å². The summed E-state index contributed by atoms with van der Waals surface area (Å²) >= 11 is 1.99. The van der Waals surface area contributed by atoms with E-state index in [9.17, 15) is 0 Å². The van der Waals surface area contributed by atoms with Crippen LogP contribution in [0.5, 0.6) is 0 Å². The Kier molecular flexibility index (Phi) is 3.23. The minimum atomic E-state index is 0.136. The molecule has 0 spiro atoms. The molecule has 2 saturated heterocycles. The van der Waals surface area contributed by atoms with Crippen molar-refractivity contribution in [1.29, 1.82) is 0 Å². The quantitative estimate of drug-likeness (QED) is 0.849. The molecule has 1 atom stereocenters. The molecular weight excluding hydrogens is 246 g/mol. The highest BCUT2D eigenvalue weighted by atomic mass is 32.2. The molecule has 3 rings (SSSR count). The standard InChI is InChI=1S/C12H21N5S/c1-12(5-2-8-18-12)10-14-11(16-15-10)17-6-3-9(13)4-7-17/h9H,2-8,13H2,1H3,(H,14,15,16). The lowest BCUT2D eigenvalue weighted by atomic mass is 10.1. The Labute approximate surface area is 112 Å². The number of aromatic amines is 1. The topological polar surface area (TPSA) is 70.8 Å². The molecule has 18 heavy (non-hydrogen) atoms. The maximum atomic E-state index is 5.92. The number of nitrogens with one attached hydrogen (secondary N) is 1. The second-order valence-electron chi connectivity index (χ2n) is 5.49. The maximum absolute atomic E-state index is 5.92. The van der Waals surface area contributed by atoms with Crippen molar-refractivity contribution in [3.8, 4) is 0 Å². The summed E-state index contributed by atoms with van der Waals surface area (Å²) in [5, 5.41) is 7.53. The molecule has 0 radical (unpaired) electrons. The minimum absolute atomic E-state index is 0.136. The Bertz CT molecular complexity index is 404. The fourth-order valence-electron chi connectivity index (χ4n) is 2.70. The van der Waals surface area contributed by atoms with E-state index in [4.69, 9.17) is 10.7 Å². The van der Waals surface area contributed by atoms with Gasteiger partial charge in [-0.05, 0) is 38.4 Å². The molecule has 0 aliphatic carbocycles. The number of aromatic nitrogens is 3. The van der Waals surface area contributed by atoms with E-state index in [1.54, 1.807) is 0 Å². The predicted octanol–water partition coefficient (Wildman–Crippen LogP) is 1.47. The first-order chi connectivity index (χ1) is 8.67. The summed E-state index contributed by atoms with van der Waals surface area (Å²) in [6.07, 6.45) is 4.54. The highest BCUT2D eigenvalue weighted by Gasteiger charge is 2.35. The summed E-state index contributed by atoms with van der Waals surface area (Å²) in [4.78, 5) is 6.95.